The minimum Gasteiger partial charge on any atom is -0.325 e. The molecule has 0 saturated carbocycles. The molecule has 0 bridgehead atoms. The highest BCUT2D eigenvalue weighted by atomic mass is 16.1. The van der Waals surface area contributed by atoms with Crippen LogP contribution in [0.2, 0.25) is 0 Å². The molecule has 0 aliphatic carbocycles. The van der Waals surface area contributed by atoms with E-state index in [1.165, 1.54) is 11.1 Å². The van der Waals surface area contributed by atoms with E-state index in [0.717, 1.165) is 23.2 Å². The van der Waals surface area contributed by atoms with Crippen LogP contribution in [0, 0.1) is 6.92 Å². The maximum atomic E-state index is 12.4. The van der Waals surface area contributed by atoms with E-state index in [2.05, 4.69) is 44.3 Å². The van der Waals surface area contributed by atoms with Gasteiger partial charge in [-0.05, 0) is 41.5 Å². The lowest BCUT2D eigenvalue weighted by molar-refractivity contribution is -0.115. The Hall–Kier alpha value is -2.09. The molecule has 0 aromatic heterocycles. The third kappa shape index (κ3) is 3.97. The van der Waals surface area contributed by atoms with Gasteiger partial charge in [-0.15, -0.1) is 0 Å². The lowest BCUT2D eigenvalue weighted by Gasteiger charge is -2.16. The Morgan fingerprint density at radius 2 is 1.68 bits per heavy atom. The first-order chi connectivity index (χ1) is 10.5. The van der Waals surface area contributed by atoms with Crippen molar-refractivity contribution in [3.05, 3.63) is 64.7 Å². The van der Waals surface area contributed by atoms with E-state index >= 15 is 0 Å². The van der Waals surface area contributed by atoms with Crippen LogP contribution in [0.3, 0.4) is 0 Å². The van der Waals surface area contributed by atoms with Crippen molar-refractivity contribution < 1.29 is 4.79 Å². The van der Waals surface area contributed by atoms with E-state index < -0.39 is 0 Å². The molecule has 0 unspecified atom stereocenters. The van der Waals surface area contributed by atoms with Crippen LogP contribution in [0.25, 0.3) is 0 Å². The summed E-state index contributed by atoms with van der Waals surface area (Å²) in [6.07, 6.45) is 1.43. The molecule has 2 rings (SSSR count). The average Bonchev–Trinajstić information content (AvgIpc) is 2.49. The van der Waals surface area contributed by atoms with Gasteiger partial charge >= 0.3 is 0 Å². The molecule has 22 heavy (non-hydrogen) atoms. The Morgan fingerprint density at radius 3 is 2.27 bits per heavy atom. The highest BCUT2D eigenvalue weighted by molar-refractivity contribution is 5.93. The number of amides is 1. The first-order valence-corrected chi connectivity index (χ1v) is 7.98. The molecule has 0 aliphatic rings. The molecule has 0 spiro atoms. The summed E-state index contributed by atoms with van der Waals surface area (Å²) >= 11 is 0. The van der Waals surface area contributed by atoms with Gasteiger partial charge in [-0.2, -0.15) is 0 Å². The SMILES string of the molecule is CCc1ccc(CC(=O)Nc2c(C)cccc2C(C)C)cc1. The van der Waals surface area contributed by atoms with E-state index in [1.807, 2.05) is 31.2 Å². The Kier molecular flexibility index (Phi) is 5.37. The molecule has 0 saturated heterocycles. The lowest BCUT2D eigenvalue weighted by Crippen LogP contribution is -2.16. The molecule has 116 valence electrons. The van der Waals surface area contributed by atoms with Crippen molar-refractivity contribution in [2.24, 2.45) is 0 Å². The van der Waals surface area contributed by atoms with Crippen molar-refractivity contribution in [2.45, 2.75) is 46.5 Å². The molecule has 2 heteroatoms. The van der Waals surface area contributed by atoms with Gasteiger partial charge in [-0.25, -0.2) is 0 Å². The molecule has 0 radical (unpaired) electrons. The topological polar surface area (TPSA) is 29.1 Å². The van der Waals surface area contributed by atoms with Crippen LogP contribution in [-0.2, 0) is 17.6 Å². The van der Waals surface area contributed by atoms with Crippen molar-refractivity contribution in [3.8, 4) is 0 Å². The predicted molar refractivity (Wildman–Crippen MR) is 93.4 cm³/mol. The van der Waals surface area contributed by atoms with Gasteiger partial charge in [-0.1, -0.05) is 63.2 Å². The number of carbonyl (C=O) groups excluding carboxylic acids is 1. The van der Waals surface area contributed by atoms with Gasteiger partial charge in [0.25, 0.3) is 0 Å². The fourth-order valence-electron chi connectivity index (χ4n) is 2.60. The highest BCUT2D eigenvalue weighted by Gasteiger charge is 2.12. The number of benzene rings is 2. The number of hydrogen-bond acceptors (Lipinski definition) is 1. The zero-order valence-corrected chi connectivity index (χ0v) is 13.9. The van der Waals surface area contributed by atoms with Crippen LogP contribution in [0.15, 0.2) is 42.5 Å². The van der Waals surface area contributed by atoms with Crippen molar-refractivity contribution in [1.82, 2.24) is 0 Å². The molecule has 0 fully saturated rings. The van der Waals surface area contributed by atoms with E-state index in [1.54, 1.807) is 0 Å². The van der Waals surface area contributed by atoms with Crippen LogP contribution in [-0.4, -0.2) is 5.91 Å². The van der Waals surface area contributed by atoms with Crippen LogP contribution < -0.4 is 5.32 Å². The highest BCUT2D eigenvalue weighted by Crippen LogP contribution is 2.27. The minimum absolute atomic E-state index is 0.0421. The van der Waals surface area contributed by atoms with Crippen molar-refractivity contribution in [3.63, 3.8) is 0 Å². The zero-order chi connectivity index (χ0) is 16.1. The summed E-state index contributed by atoms with van der Waals surface area (Å²) in [6.45, 7) is 8.46. The summed E-state index contributed by atoms with van der Waals surface area (Å²) in [4.78, 5) is 12.4. The fraction of sp³-hybridized carbons (Fsp3) is 0.350. The molecule has 2 nitrogen and oxygen atoms in total. The van der Waals surface area contributed by atoms with Gasteiger partial charge in [0, 0.05) is 5.69 Å². The normalized spacial score (nSPS) is 10.8. The number of para-hydroxylation sites is 1. The Bertz CT molecular complexity index is 641. The van der Waals surface area contributed by atoms with E-state index in [9.17, 15) is 4.79 Å². The second-order valence-electron chi connectivity index (χ2n) is 6.09. The minimum atomic E-state index is 0.0421. The number of hydrogen-bond donors (Lipinski definition) is 1. The largest absolute Gasteiger partial charge is 0.325 e. The summed E-state index contributed by atoms with van der Waals surface area (Å²) in [7, 11) is 0. The van der Waals surface area contributed by atoms with E-state index in [0.29, 0.717) is 12.3 Å². The van der Waals surface area contributed by atoms with Gasteiger partial charge in [0.05, 0.1) is 6.42 Å². The summed E-state index contributed by atoms with van der Waals surface area (Å²) < 4.78 is 0. The molecule has 1 amide bonds. The van der Waals surface area contributed by atoms with Crippen LogP contribution in [0.1, 0.15) is 48.9 Å². The third-order valence-corrected chi connectivity index (χ3v) is 3.99. The Morgan fingerprint density at radius 1 is 1.05 bits per heavy atom. The Balaban J connectivity index is 2.12. The van der Waals surface area contributed by atoms with E-state index in [4.69, 9.17) is 0 Å². The molecule has 1 N–H and O–H groups in total. The number of nitrogens with one attached hydrogen (secondary N) is 1. The van der Waals surface area contributed by atoms with Crippen molar-refractivity contribution >= 4 is 11.6 Å². The summed E-state index contributed by atoms with van der Waals surface area (Å²) in [5.41, 5.74) is 5.61. The number of rotatable bonds is 5. The summed E-state index contributed by atoms with van der Waals surface area (Å²) in [5, 5.41) is 3.10. The van der Waals surface area contributed by atoms with Gasteiger partial charge in [-0.3, -0.25) is 4.79 Å². The van der Waals surface area contributed by atoms with Gasteiger partial charge in [0.1, 0.15) is 0 Å². The standard InChI is InChI=1S/C20H25NO/c1-5-16-9-11-17(12-10-16)13-19(22)21-20-15(4)7-6-8-18(20)14(2)3/h6-12,14H,5,13H2,1-4H3,(H,21,22). The second kappa shape index (κ2) is 7.26. The molecular formula is C20H25NO. The van der Waals surface area contributed by atoms with Crippen LogP contribution >= 0.6 is 0 Å². The number of aryl methyl sites for hydroxylation is 2. The molecule has 2 aromatic carbocycles. The van der Waals surface area contributed by atoms with Crippen LogP contribution in [0.5, 0.6) is 0 Å². The molecular weight excluding hydrogens is 270 g/mol. The second-order valence-corrected chi connectivity index (χ2v) is 6.09. The average molecular weight is 295 g/mol. The number of anilines is 1. The maximum absolute atomic E-state index is 12.4. The molecule has 0 atom stereocenters. The zero-order valence-electron chi connectivity index (χ0n) is 13.9. The lowest BCUT2D eigenvalue weighted by atomic mass is 9.98. The van der Waals surface area contributed by atoms with E-state index in [-0.39, 0.29) is 5.91 Å². The molecule has 0 aliphatic heterocycles. The summed E-state index contributed by atoms with van der Waals surface area (Å²) in [5.74, 6) is 0.430. The van der Waals surface area contributed by atoms with Gasteiger partial charge in [0.2, 0.25) is 5.91 Å². The first kappa shape index (κ1) is 16.3. The predicted octanol–water partition coefficient (Wildman–Crippen LogP) is 4.86. The van der Waals surface area contributed by atoms with Crippen molar-refractivity contribution in [2.75, 3.05) is 5.32 Å². The summed E-state index contributed by atoms with van der Waals surface area (Å²) in [6, 6.07) is 14.4. The molecule has 0 heterocycles. The monoisotopic (exact) mass is 295 g/mol. The Labute approximate surface area is 133 Å². The third-order valence-electron chi connectivity index (χ3n) is 3.99. The number of carbonyl (C=O) groups is 1. The van der Waals surface area contributed by atoms with Crippen molar-refractivity contribution in [1.29, 1.82) is 0 Å². The fourth-order valence-corrected chi connectivity index (χ4v) is 2.60. The molecule has 2 aromatic rings. The quantitative estimate of drug-likeness (QED) is 0.838. The van der Waals surface area contributed by atoms with Gasteiger partial charge in [0.15, 0.2) is 0 Å². The smallest absolute Gasteiger partial charge is 0.228 e. The first-order valence-electron chi connectivity index (χ1n) is 7.98. The van der Waals surface area contributed by atoms with Crippen LogP contribution in [0.4, 0.5) is 5.69 Å². The maximum Gasteiger partial charge on any atom is 0.228 e. The van der Waals surface area contributed by atoms with Gasteiger partial charge < -0.3 is 5.32 Å².